The normalized spacial score (nSPS) is 17.4. The largest absolute Gasteiger partial charge is 0.493 e. The monoisotopic (exact) mass is 376 g/mol. The molecule has 1 unspecified atom stereocenters. The van der Waals surface area contributed by atoms with E-state index in [9.17, 15) is 0 Å². The van der Waals surface area contributed by atoms with Crippen LogP contribution in [0.5, 0.6) is 11.5 Å². The molecule has 0 spiro atoms. The number of nitrogens with one attached hydrogen (secondary N) is 2. The molecule has 1 aliphatic rings. The van der Waals surface area contributed by atoms with Crippen molar-refractivity contribution in [3.8, 4) is 11.5 Å². The molecule has 1 saturated heterocycles. The molecule has 1 heterocycles. The van der Waals surface area contributed by atoms with Crippen molar-refractivity contribution < 1.29 is 9.47 Å². The second-order valence-electron chi connectivity index (χ2n) is 7.15. The lowest BCUT2D eigenvalue weighted by Crippen LogP contribution is -2.50. The maximum Gasteiger partial charge on any atom is 0.191 e. The SMILES string of the molecule is CCCCN1CCC(NC(=NC)NCC(C)Oc2ccccc2OC)CC1. The van der Waals surface area contributed by atoms with Gasteiger partial charge in [0.1, 0.15) is 6.10 Å². The van der Waals surface area contributed by atoms with Gasteiger partial charge in [-0.05, 0) is 44.9 Å². The van der Waals surface area contributed by atoms with Crippen LogP contribution in [0.1, 0.15) is 39.5 Å². The number of nitrogens with zero attached hydrogens (tertiary/aromatic N) is 2. The minimum absolute atomic E-state index is 0.00394. The zero-order valence-electron chi connectivity index (χ0n) is 17.3. The van der Waals surface area contributed by atoms with Crippen LogP contribution in [0.25, 0.3) is 0 Å². The minimum atomic E-state index is -0.00394. The molecule has 1 aromatic carbocycles. The Morgan fingerprint density at radius 1 is 1.26 bits per heavy atom. The first-order valence-corrected chi connectivity index (χ1v) is 10.2. The molecule has 152 valence electrons. The van der Waals surface area contributed by atoms with Crippen molar-refractivity contribution in [2.45, 2.75) is 51.7 Å². The summed E-state index contributed by atoms with van der Waals surface area (Å²) in [5, 5.41) is 6.94. The van der Waals surface area contributed by atoms with E-state index in [0.717, 1.165) is 30.3 Å². The molecule has 1 fully saturated rings. The predicted molar refractivity (Wildman–Crippen MR) is 112 cm³/mol. The molecule has 0 amide bonds. The molecule has 0 radical (unpaired) electrons. The first-order valence-electron chi connectivity index (χ1n) is 10.2. The van der Waals surface area contributed by atoms with Gasteiger partial charge in [-0.25, -0.2) is 0 Å². The molecule has 6 nitrogen and oxygen atoms in total. The summed E-state index contributed by atoms with van der Waals surface area (Å²) >= 11 is 0. The Labute approximate surface area is 164 Å². The van der Waals surface area contributed by atoms with E-state index in [1.54, 1.807) is 7.11 Å². The Bertz CT molecular complexity index is 571. The maximum atomic E-state index is 6.00. The quantitative estimate of drug-likeness (QED) is 0.513. The van der Waals surface area contributed by atoms with E-state index < -0.39 is 0 Å². The van der Waals surface area contributed by atoms with Gasteiger partial charge in [0, 0.05) is 26.2 Å². The van der Waals surface area contributed by atoms with Gasteiger partial charge in [-0.1, -0.05) is 25.5 Å². The summed E-state index contributed by atoms with van der Waals surface area (Å²) in [6.07, 6.45) is 4.89. The molecule has 27 heavy (non-hydrogen) atoms. The van der Waals surface area contributed by atoms with Crippen LogP contribution < -0.4 is 20.1 Å². The zero-order valence-corrected chi connectivity index (χ0v) is 17.3. The lowest BCUT2D eigenvalue weighted by Gasteiger charge is -2.33. The Kier molecular flexibility index (Phi) is 9.25. The first-order chi connectivity index (χ1) is 13.2. The highest BCUT2D eigenvalue weighted by molar-refractivity contribution is 5.80. The van der Waals surface area contributed by atoms with Gasteiger partial charge < -0.3 is 25.0 Å². The molecule has 1 aliphatic heterocycles. The summed E-state index contributed by atoms with van der Waals surface area (Å²) in [4.78, 5) is 6.93. The second kappa shape index (κ2) is 11.7. The number of likely N-dealkylation sites (tertiary alicyclic amines) is 1. The van der Waals surface area contributed by atoms with Crippen molar-refractivity contribution in [2.75, 3.05) is 40.3 Å². The van der Waals surface area contributed by atoms with Gasteiger partial charge in [-0.3, -0.25) is 4.99 Å². The van der Waals surface area contributed by atoms with Crippen LogP contribution in [0.15, 0.2) is 29.3 Å². The Hall–Kier alpha value is -1.95. The molecule has 6 heteroatoms. The molecule has 0 saturated carbocycles. The standard InChI is InChI=1S/C21H36N4O2/c1-5-6-13-25-14-11-18(12-15-25)24-21(22-3)23-16-17(2)27-20-10-8-7-9-19(20)26-4/h7-10,17-18H,5-6,11-16H2,1-4H3,(H2,22,23,24). The molecular weight excluding hydrogens is 340 g/mol. The van der Waals surface area contributed by atoms with Crippen LogP contribution in [-0.2, 0) is 0 Å². The Morgan fingerprint density at radius 3 is 2.59 bits per heavy atom. The summed E-state index contributed by atoms with van der Waals surface area (Å²) < 4.78 is 11.3. The van der Waals surface area contributed by atoms with Gasteiger partial charge in [0.25, 0.3) is 0 Å². The van der Waals surface area contributed by atoms with Crippen LogP contribution in [0.3, 0.4) is 0 Å². The van der Waals surface area contributed by atoms with Crippen molar-refractivity contribution in [3.05, 3.63) is 24.3 Å². The van der Waals surface area contributed by atoms with Crippen LogP contribution >= 0.6 is 0 Å². The number of aliphatic imine (C=N–C) groups is 1. The van der Waals surface area contributed by atoms with Crippen LogP contribution in [0.4, 0.5) is 0 Å². The van der Waals surface area contributed by atoms with Gasteiger partial charge in [-0.2, -0.15) is 0 Å². The number of unbranched alkanes of at least 4 members (excludes halogenated alkanes) is 1. The summed E-state index contributed by atoms with van der Waals surface area (Å²) in [6.45, 7) is 8.53. The van der Waals surface area contributed by atoms with Crippen molar-refractivity contribution in [1.29, 1.82) is 0 Å². The molecule has 0 aromatic heterocycles. The third kappa shape index (κ3) is 7.29. The highest BCUT2D eigenvalue weighted by Gasteiger charge is 2.19. The van der Waals surface area contributed by atoms with Crippen molar-refractivity contribution in [3.63, 3.8) is 0 Å². The smallest absolute Gasteiger partial charge is 0.191 e. The molecule has 2 N–H and O–H groups in total. The number of para-hydroxylation sites is 2. The molecule has 2 rings (SSSR count). The topological polar surface area (TPSA) is 58.1 Å². The fourth-order valence-corrected chi connectivity index (χ4v) is 3.29. The summed E-state index contributed by atoms with van der Waals surface area (Å²) in [5.41, 5.74) is 0. The van der Waals surface area contributed by atoms with E-state index in [2.05, 4.69) is 27.4 Å². The average Bonchev–Trinajstić information content (AvgIpc) is 2.70. The molecule has 0 aliphatic carbocycles. The van der Waals surface area contributed by atoms with E-state index in [1.807, 2.05) is 38.2 Å². The predicted octanol–water partition coefficient (Wildman–Crippen LogP) is 2.89. The first kappa shape index (κ1) is 21.4. The van der Waals surface area contributed by atoms with E-state index in [-0.39, 0.29) is 6.10 Å². The van der Waals surface area contributed by atoms with Gasteiger partial charge in [-0.15, -0.1) is 0 Å². The fraction of sp³-hybridized carbons (Fsp3) is 0.667. The number of hydrogen-bond donors (Lipinski definition) is 2. The van der Waals surface area contributed by atoms with Crippen molar-refractivity contribution in [2.24, 2.45) is 4.99 Å². The number of guanidine groups is 1. The molecule has 1 atom stereocenters. The average molecular weight is 377 g/mol. The number of rotatable bonds is 9. The maximum absolute atomic E-state index is 6.00. The second-order valence-corrected chi connectivity index (χ2v) is 7.15. The van der Waals surface area contributed by atoms with E-state index in [1.165, 1.54) is 32.5 Å². The summed E-state index contributed by atoms with van der Waals surface area (Å²) in [5.74, 6) is 2.36. The van der Waals surface area contributed by atoms with Gasteiger partial charge in [0.2, 0.25) is 0 Å². The molecule has 0 bridgehead atoms. The van der Waals surface area contributed by atoms with Crippen molar-refractivity contribution >= 4 is 5.96 Å². The summed E-state index contributed by atoms with van der Waals surface area (Å²) in [6, 6.07) is 8.20. The number of hydrogen-bond acceptors (Lipinski definition) is 4. The Balaban J connectivity index is 1.72. The van der Waals surface area contributed by atoms with Crippen LogP contribution in [0.2, 0.25) is 0 Å². The zero-order chi connectivity index (χ0) is 19.5. The highest BCUT2D eigenvalue weighted by Crippen LogP contribution is 2.26. The Morgan fingerprint density at radius 2 is 1.96 bits per heavy atom. The van der Waals surface area contributed by atoms with Gasteiger partial charge in [0.15, 0.2) is 17.5 Å². The third-order valence-corrected chi connectivity index (χ3v) is 4.93. The van der Waals surface area contributed by atoms with E-state index in [4.69, 9.17) is 9.47 Å². The number of piperidine rings is 1. The lowest BCUT2D eigenvalue weighted by atomic mass is 10.0. The highest BCUT2D eigenvalue weighted by atomic mass is 16.5. The number of methoxy groups -OCH3 is 1. The van der Waals surface area contributed by atoms with Gasteiger partial charge in [0.05, 0.1) is 13.7 Å². The lowest BCUT2D eigenvalue weighted by molar-refractivity contribution is 0.201. The number of ether oxygens (including phenoxy) is 2. The number of benzene rings is 1. The fourth-order valence-electron chi connectivity index (χ4n) is 3.29. The minimum Gasteiger partial charge on any atom is -0.493 e. The van der Waals surface area contributed by atoms with Crippen LogP contribution in [0, 0.1) is 0 Å². The van der Waals surface area contributed by atoms with E-state index >= 15 is 0 Å². The molecular formula is C21H36N4O2. The third-order valence-electron chi connectivity index (χ3n) is 4.93. The van der Waals surface area contributed by atoms with E-state index in [0.29, 0.717) is 12.6 Å². The summed E-state index contributed by atoms with van der Waals surface area (Å²) in [7, 11) is 3.47. The van der Waals surface area contributed by atoms with Gasteiger partial charge >= 0.3 is 0 Å². The van der Waals surface area contributed by atoms with Crippen LogP contribution in [-0.4, -0.2) is 63.3 Å². The molecule has 1 aromatic rings. The van der Waals surface area contributed by atoms with Crippen molar-refractivity contribution in [1.82, 2.24) is 15.5 Å².